The third kappa shape index (κ3) is 3.26. The molecular weight excluding hydrogens is 322 g/mol. The molecular formula is C14H21N3O5S. The number of carbonyl (C=O) groups is 1. The predicted molar refractivity (Wildman–Crippen MR) is 80.6 cm³/mol. The van der Waals surface area contributed by atoms with Crippen LogP contribution in [0.15, 0.2) is 11.1 Å². The van der Waals surface area contributed by atoms with Crippen LogP contribution in [0.4, 0.5) is 0 Å². The van der Waals surface area contributed by atoms with E-state index in [9.17, 15) is 13.2 Å². The van der Waals surface area contributed by atoms with Gasteiger partial charge in [-0.3, -0.25) is 5.10 Å². The first-order valence-corrected chi connectivity index (χ1v) is 9.14. The molecule has 128 valence electrons. The average molecular weight is 343 g/mol. The van der Waals surface area contributed by atoms with E-state index in [1.165, 1.54) is 0 Å². The zero-order chi connectivity index (χ0) is 16.7. The number of ether oxygens (including phenoxy) is 1. The van der Waals surface area contributed by atoms with Gasteiger partial charge in [0.25, 0.3) is 10.0 Å². The molecule has 2 aliphatic rings. The molecule has 0 bridgehead atoms. The van der Waals surface area contributed by atoms with Crippen molar-refractivity contribution in [3.05, 3.63) is 11.8 Å². The predicted octanol–water partition coefficient (Wildman–Crippen LogP) is 1.13. The van der Waals surface area contributed by atoms with Gasteiger partial charge >= 0.3 is 5.97 Å². The zero-order valence-electron chi connectivity index (χ0n) is 13.0. The van der Waals surface area contributed by atoms with Crippen molar-refractivity contribution >= 4 is 16.0 Å². The molecule has 3 N–H and O–H groups in total. The van der Waals surface area contributed by atoms with E-state index in [1.807, 2.05) is 0 Å². The lowest BCUT2D eigenvalue weighted by atomic mass is 9.66. The van der Waals surface area contributed by atoms with Crippen LogP contribution >= 0.6 is 0 Å². The standard InChI is InChI=1S/C14H21N3O5S/c1-13(5-6-22-14(8-13)3-2-4-14)9-15-23(20,21)11-7-10(12(18)19)16-17-11/h7,15H,2-6,8-9H2,1H3,(H,16,17)(H,18,19). The van der Waals surface area contributed by atoms with Crippen molar-refractivity contribution in [3.63, 3.8) is 0 Å². The van der Waals surface area contributed by atoms with Crippen LogP contribution in [0.1, 0.15) is 49.5 Å². The second-order valence-electron chi connectivity index (χ2n) is 6.87. The molecule has 23 heavy (non-hydrogen) atoms. The van der Waals surface area contributed by atoms with Crippen molar-refractivity contribution < 1.29 is 23.1 Å². The van der Waals surface area contributed by atoms with E-state index in [-0.39, 0.29) is 21.7 Å². The Hall–Kier alpha value is -1.45. The number of sulfonamides is 1. The molecule has 1 spiro atoms. The lowest BCUT2D eigenvalue weighted by molar-refractivity contribution is -0.162. The Kier molecular flexibility index (Phi) is 3.97. The van der Waals surface area contributed by atoms with Gasteiger partial charge in [-0.1, -0.05) is 6.92 Å². The Balaban J connectivity index is 1.67. The number of aromatic carboxylic acids is 1. The van der Waals surface area contributed by atoms with Crippen molar-refractivity contribution in [1.82, 2.24) is 14.9 Å². The molecule has 1 aromatic heterocycles. The van der Waals surface area contributed by atoms with E-state index in [1.54, 1.807) is 0 Å². The number of aromatic amines is 1. The van der Waals surface area contributed by atoms with E-state index in [0.29, 0.717) is 13.2 Å². The molecule has 0 amide bonds. The highest BCUT2D eigenvalue weighted by Crippen LogP contribution is 2.48. The third-order valence-corrected chi connectivity index (χ3v) is 6.19. The van der Waals surface area contributed by atoms with E-state index in [0.717, 1.165) is 38.2 Å². The molecule has 8 nitrogen and oxygen atoms in total. The lowest BCUT2D eigenvalue weighted by Crippen LogP contribution is -2.52. The van der Waals surface area contributed by atoms with Gasteiger partial charge in [-0.15, -0.1) is 0 Å². The van der Waals surface area contributed by atoms with Crippen LogP contribution in [0.3, 0.4) is 0 Å². The second kappa shape index (κ2) is 5.57. The Morgan fingerprint density at radius 1 is 1.48 bits per heavy atom. The monoisotopic (exact) mass is 343 g/mol. The van der Waals surface area contributed by atoms with Gasteiger partial charge in [-0.25, -0.2) is 17.9 Å². The topological polar surface area (TPSA) is 121 Å². The summed E-state index contributed by atoms with van der Waals surface area (Å²) in [5.74, 6) is -1.27. The Morgan fingerprint density at radius 3 is 2.78 bits per heavy atom. The van der Waals surface area contributed by atoms with Gasteiger partial charge in [0.05, 0.1) is 5.60 Å². The Bertz CT molecular complexity index is 710. The molecule has 0 radical (unpaired) electrons. The molecule has 1 aliphatic heterocycles. The van der Waals surface area contributed by atoms with Gasteiger partial charge in [0.15, 0.2) is 10.7 Å². The van der Waals surface area contributed by atoms with Crippen LogP contribution in [-0.2, 0) is 14.8 Å². The Labute approximate surface area is 134 Å². The first kappa shape index (κ1) is 16.4. The molecule has 2 heterocycles. The highest BCUT2D eigenvalue weighted by Gasteiger charge is 2.47. The number of aromatic nitrogens is 2. The number of nitrogens with zero attached hydrogens (tertiary/aromatic N) is 1. The van der Waals surface area contributed by atoms with Crippen molar-refractivity contribution in [2.24, 2.45) is 5.41 Å². The van der Waals surface area contributed by atoms with E-state index in [2.05, 4.69) is 21.8 Å². The largest absolute Gasteiger partial charge is 0.476 e. The van der Waals surface area contributed by atoms with Crippen LogP contribution in [-0.4, -0.2) is 48.4 Å². The van der Waals surface area contributed by atoms with Gasteiger partial charge in [0, 0.05) is 19.2 Å². The summed E-state index contributed by atoms with van der Waals surface area (Å²) < 4.78 is 33.0. The molecule has 1 saturated carbocycles. The summed E-state index contributed by atoms with van der Waals surface area (Å²) in [7, 11) is -3.81. The van der Waals surface area contributed by atoms with Crippen molar-refractivity contribution in [2.75, 3.05) is 13.2 Å². The molecule has 1 atom stereocenters. The fourth-order valence-corrected chi connectivity index (χ4v) is 4.50. The van der Waals surface area contributed by atoms with Crippen LogP contribution < -0.4 is 4.72 Å². The van der Waals surface area contributed by atoms with E-state index < -0.39 is 16.0 Å². The third-order valence-electron chi connectivity index (χ3n) is 4.88. The van der Waals surface area contributed by atoms with Crippen molar-refractivity contribution in [3.8, 4) is 0 Å². The minimum Gasteiger partial charge on any atom is -0.476 e. The quantitative estimate of drug-likeness (QED) is 0.737. The minimum atomic E-state index is -3.81. The zero-order valence-corrected chi connectivity index (χ0v) is 13.8. The number of carboxylic acid groups (broad SMARTS) is 1. The molecule has 1 saturated heterocycles. The smallest absolute Gasteiger partial charge is 0.356 e. The summed E-state index contributed by atoms with van der Waals surface area (Å²) in [4.78, 5) is 10.8. The average Bonchev–Trinajstić information content (AvgIpc) is 2.95. The summed E-state index contributed by atoms with van der Waals surface area (Å²) in [5.41, 5.74) is -0.555. The normalized spacial score (nSPS) is 26.8. The van der Waals surface area contributed by atoms with Gasteiger partial charge in [0.2, 0.25) is 0 Å². The molecule has 0 aromatic carbocycles. The molecule has 3 rings (SSSR count). The highest BCUT2D eigenvalue weighted by atomic mass is 32.2. The summed E-state index contributed by atoms with van der Waals surface area (Å²) in [6.07, 6.45) is 4.87. The van der Waals surface area contributed by atoms with Crippen molar-refractivity contribution in [2.45, 2.75) is 49.7 Å². The Morgan fingerprint density at radius 2 is 2.22 bits per heavy atom. The van der Waals surface area contributed by atoms with E-state index in [4.69, 9.17) is 9.84 Å². The first-order valence-electron chi connectivity index (χ1n) is 7.66. The molecule has 2 fully saturated rings. The first-order chi connectivity index (χ1) is 10.7. The van der Waals surface area contributed by atoms with Gasteiger partial charge < -0.3 is 9.84 Å². The minimum absolute atomic E-state index is 0.0666. The molecule has 1 aromatic rings. The van der Waals surface area contributed by atoms with Gasteiger partial charge in [-0.2, -0.15) is 5.10 Å². The highest BCUT2D eigenvalue weighted by molar-refractivity contribution is 7.89. The summed E-state index contributed by atoms with van der Waals surface area (Å²) >= 11 is 0. The number of H-pyrrole nitrogens is 1. The van der Waals surface area contributed by atoms with Crippen LogP contribution in [0.2, 0.25) is 0 Å². The number of hydrogen-bond acceptors (Lipinski definition) is 5. The maximum Gasteiger partial charge on any atom is 0.356 e. The number of nitrogens with one attached hydrogen (secondary N) is 2. The van der Waals surface area contributed by atoms with Crippen LogP contribution in [0.25, 0.3) is 0 Å². The number of rotatable bonds is 5. The summed E-state index contributed by atoms with van der Waals surface area (Å²) in [5, 5.41) is 14.3. The molecule has 9 heteroatoms. The molecule has 1 aliphatic carbocycles. The maximum atomic E-state index is 12.3. The number of carboxylic acids is 1. The fraction of sp³-hybridized carbons (Fsp3) is 0.714. The maximum absolute atomic E-state index is 12.3. The second-order valence-corrected chi connectivity index (χ2v) is 8.60. The van der Waals surface area contributed by atoms with Crippen LogP contribution in [0.5, 0.6) is 0 Å². The van der Waals surface area contributed by atoms with Gasteiger partial charge in [0.1, 0.15) is 0 Å². The summed E-state index contributed by atoms with van der Waals surface area (Å²) in [6, 6.07) is 1.02. The van der Waals surface area contributed by atoms with E-state index >= 15 is 0 Å². The molecule has 1 unspecified atom stereocenters. The SMILES string of the molecule is CC1(CNS(=O)(=O)c2cc(C(=O)O)n[nH]2)CCOC2(CCC2)C1. The van der Waals surface area contributed by atoms with Crippen molar-refractivity contribution in [1.29, 1.82) is 0 Å². The summed E-state index contributed by atoms with van der Waals surface area (Å²) in [6.45, 7) is 3.00. The van der Waals surface area contributed by atoms with Gasteiger partial charge in [-0.05, 0) is 37.5 Å². The van der Waals surface area contributed by atoms with Crippen LogP contribution in [0, 0.1) is 5.41 Å². The fourth-order valence-electron chi connectivity index (χ4n) is 3.37. The lowest BCUT2D eigenvalue weighted by Gasteiger charge is -2.51. The number of hydrogen-bond donors (Lipinski definition) is 3.